The Hall–Kier alpha value is -1.75. The molecule has 1 amide bonds. The molecule has 0 saturated carbocycles. The maximum Gasteiger partial charge on any atom is 0.224 e. The highest BCUT2D eigenvalue weighted by molar-refractivity contribution is 5.79. The average molecular weight is 278 g/mol. The Labute approximate surface area is 119 Å². The molecule has 0 bridgehead atoms. The number of carbonyl (C=O) groups excluding carboxylic acids is 1. The molecule has 1 saturated heterocycles. The zero-order valence-corrected chi connectivity index (χ0v) is 12.2. The van der Waals surface area contributed by atoms with Crippen molar-refractivity contribution in [1.82, 2.24) is 10.6 Å². The zero-order chi connectivity index (χ0) is 14.5. The first-order chi connectivity index (χ1) is 9.65. The van der Waals surface area contributed by atoms with Gasteiger partial charge in [-0.2, -0.15) is 0 Å². The van der Waals surface area contributed by atoms with Crippen LogP contribution in [0.2, 0.25) is 0 Å². The molecule has 1 aliphatic rings. The lowest BCUT2D eigenvalue weighted by molar-refractivity contribution is -0.125. The summed E-state index contributed by atoms with van der Waals surface area (Å²) in [5.74, 6) is 2.02. The fourth-order valence-electron chi connectivity index (χ4n) is 2.49. The SMILES string of the molecule is COc1ccc(OC)c(CNC(=O)C2CNCC2C)c1. The first-order valence-corrected chi connectivity index (χ1v) is 6.85. The molecule has 0 radical (unpaired) electrons. The molecule has 1 fully saturated rings. The van der Waals surface area contributed by atoms with Gasteiger partial charge >= 0.3 is 0 Å². The molecule has 5 heteroatoms. The van der Waals surface area contributed by atoms with Gasteiger partial charge in [-0.05, 0) is 30.7 Å². The summed E-state index contributed by atoms with van der Waals surface area (Å²) in [6.45, 7) is 4.20. The van der Waals surface area contributed by atoms with E-state index < -0.39 is 0 Å². The summed E-state index contributed by atoms with van der Waals surface area (Å²) in [5.41, 5.74) is 0.916. The van der Waals surface area contributed by atoms with Gasteiger partial charge in [0.25, 0.3) is 0 Å². The van der Waals surface area contributed by atoms with E-state index in [1.165, 1.54) is 0 Å². The zero-order valence-electron chi connectivity index (χ0n) is 12.2. The predicted molar refractivity (Wildman–Crippen MR) is 76.9 cm³/mol. The number of hydrogen-bond donors (Lipinski definition) is 2. The van der Waals surface area contributed by atoms with Gasteiger partial charge in [0, 0.05) is 18.7 Å². The molecular weight excluding hydrogens is 256 g/mol. The van der Waals surface area contributed by atoms with Crippen molar-refractivity contribution in [2.75, 3.05) is 27.3 Å². The maximum atomic E-state index is 12.2. The first kappa shape index (κ1) is 14.7. The summed E-state index contributed by atoms with van der Waals surface area (Å²) in [5, 5.41) is 6.22. The molecule has 5 nitrogen and oxygen atoms in total. The topological polar surface area (TPSA) is 59.6 Å². The number of ether oxygens (including phenoxy) is 2. The average Bonchev–Trinajstić information content (AvgIpc) is 2.90. The van der Waals surface area contributed by atoms with Crippen LogP contribution in [-0.2, 0) is 11.3 Å². The molecule has 0 aliphatic carbocycles. The Balaban J connectivity index is 2.00. The van der Waals surface area contributed by atoms with Gasteiger partial charge in [0.2, 0.25) is 5.91 Å². The highest BCUT2D eigenvalue weighted by Gasteiger charge is 2.29. The summed E-state index contributed by atoms with van der Waals surface area (Å²) in [6.07, 6.45) is 0. The molecule has 20 heavy (non-hydrogen) atoms. The van der Waals surface area contributed by atoms with Gasteiger partial charge in [-0.25, -0.2) is 0 Å². The summed E-state index contributed by atoms with van der Waals surface area (Å²) in [4.78, 5) is 12.2. The number of methoxy groups -OCH3 is 2. The van der Waals surface area contributed by atoms with Crippen molar-refractivity contribution in [2.45, 2.75) is 13.5 Å². The molecule has 0 aromatic heterocycles. The van der Waals surface area contributed by atoms with Crippen molar-refractivity contribution in [3.05, 3.63) is 23.8 Å². The quantitative estimate of drug-likeness (QED) is 0.849. The largest absolute Gasteiger partial charge is 0.497 e. The monoisotopic (exact) mass is 278 g/mol. The van der Waals surface area contributed by atoms with E-state index in [1.807, 2.05) is 18.2 Å². The maximum absolute atomic E-state index is 12.2. The molecule has 1 heterocycles. The smallest absolute Gasteiger partial charge is 0.224 e. The third-order valence-corrected chi connectivity index (χ3v) is 3.79. The molecule has 2 rings (SSSR count). The third-order valence-electron chi connectivity index (χ3n) is 3.79. The van der Waals surface area contributed by atoms with E-state index in [4.69, 9.17) is 9.47 Å². The number of amides is 1. The van der Waals surface area contributed by atoms with Gasteiger partial charge in [0.05, 0.1) is 20.1 Å². The minimum Gasteiger partial charge on any atom is -0.497 e. The molecule has 110 valence electrons. The lowest BCUT2D eigenvalue weighted by Gasteiger charge is -2.16. The molecule has 1 aromatic rings. The Morgan fingerprint density at radius 1 is 1.35 bits per heavy atom. The molecule has 0 spiro atoms. The van der Waals surface area contributed by atoms with Crippen LogP contribution < -0.4 is 20.1 Å². The van der Waals surface area contributed by atoms with Gasteiger partial charge in [0.1, 0.15) is 11.5 Å². The minimum atomic E-state index is 0.0478. The lowest BCUT2D eigenvalue weighted by Crippen LogP contribution is -2.34. The molecule has 2 unspecified atom stereocenters. The van der Waals surface area contributed by atoms with Crippen LogP contribution in [-0.4, -0.2) is 33.2 Å². The van der Waals surface area contributed by atoms with Crippen molar-refractivity contribution in [3.63, 3.8) is 0 Å². The van der Waals surface area contributed by atoms with Crippen LogP contribution in [0.25, 0.3) is 0 Å². The second kappa shape index (κ2) is 6.61. The van der Waals surface area contributed by atoms with Crippen LogP contribution in [0.5, 0.6) is 11.5 Å². The van der Waals surface area contributed by atoms with E-state index >= 15 is 0 Å². The van der Waals surface area contributed by atoms with E-state index in [9.17, 15) is 4.79 Å². The normalized spacial score (nSPS) is 21.6. The number of benzene rings is 1. The van der Waals surface area contributed by atoms with Crippen LogP contribution in [0, 0.1) is 11.8 Å². The van der Waals surface area contributed by atoms with Gasteiger partial charge in [-0.3, -0.25) is 4.79 Å². The van der Waals surface area contributed by atoms with Crippen molar-refractivity contribution in [1.29, 1.82) is 0 Å². The Bertz CT molecular complexity index is 476. The van der Waals surface area contributed by atoms with E-state index in [1.54, 1.807) is 14.2 Å². The van der Waals surface area contributed by atoms with E-state index in [2.05, 4.69) is 17.6 Å². The summed E-state index contributed by atoms with van der Waals surface area (Å²) >= 11 is 0. The number of hydrogen-bond acceptors (Lipinski definition) is 4. The molecule has 2 N–H and O–H groups in total. The third kappa shape index (κ3) is 3.22. The van der Waals surface area contributed by atoms with E-state index in [-0.39, 0.29) is 11.8 Å². The second-order valence-corrected chi connectivity index (χ2v) is 5.14. The summed E-state index contributed by atoms with van der Waals surface area (Å²) < 4.78 is 10.5. The van der Waals surface area contributed by atoms with Gasteiger partial charge in [-0.1, -0.05) is 6.92 Å². The van der Waals surface area contributed by atoms with Gasteiger partial charge in [0.15, 0.2) is 0 Å². The minimum absolute atomic E-state index is 0.0478. The van der Waals surface area contributed by atoms with Crippen LogP contribution >= 0.6 is 0 Å². The number of rotatable bonds is 5. The molecular formula is C15H22N2O3. The highest BCUT2D eigenvalue weighted by Crippen LogP contribution is 2.24. The second-order valence-electron chi connectivity index (χ2n) is 5.14. The lowest BCUT2D eigenvalue weighted by atomic mass is 9.97. The summed E-state index contributed by atoms with van der Waals surface area (Å²) in [6, 6.07) is 5.57. The number of nitrogens with one attached hydrogen (secondary N) is 2. The van der Waals surface area contributed by atoms with Gasteiger partial charge < -0.3 is 20.1 Å². The van der Waals surface area contributed by atoms with Gasteiger partial charge in [-0.15, -0.1) is 0 Å². The molecule has 1 aliphatic heterocycles. The van der Waals surface area contributed by atoms with Crippen molar-refractivity contribution < 1.29 is 14.3 Å². The van der Waals surface area contributed by atoms with Crippen molar-refractivity contribution in [2.24, 2.45) is 11.8 Å². The Morgan fingerprint density at radius 3 is 2.75 bits per heavy atom. The molecule has 2 atom stereocenters. The van der Waals surface area contributed by atoms with Crippen LogP contribution in [0.3, 0.4) is 0 Å². The van der Waals surface area contributed by atoms with E-state index in [0.29, 0.717) is 12.5 Å². The van der Waals surface area contributed by atoms with E-state index in [0.717, 1.165) is 30.2 Å². The predicted octanol–water partition coefficient (Wildman–Crippen LogP) is 1.18. The van der Waals surface area contributed by atoms with Crippen molar-refractivity contribution in [3.8, 4) is 11.5 Å². The fourth-order valence-corrected chi connectivity index (χ4v) is 2.49. The first-order valence-electron chi connectivity index (χ1n) is 6.85. The van der Waals surface area contributed by atoms with Crippen LogP contribution in [0.4, 0.5) is 0 Å². The molecule has 1 aromatic carbocycles. The summed E-state index contributed by atoms with van der Waals surface area (Å²) in [7, 11) is 3.24. The standard InChI is InChI=1S/C15H22N2O3/c1-10-7-16-9-13(10)15(18)17-8-11-6-12(19-2)4-5-14(11)20-3/h4-6,10,13,16H,7-9H2,1-3H3,(H,17,18). The van der Waals surface area contributed by atoms with Crippen LogP contribution in [0.15, 0.2) is 18.2 Å². The Morgan fingerprint density at radius 2 is 2.15 bits per heavy atom. The highest BCUT2D eigenvalue weighted by atomic mass is 16.5. The fraction of sp³-hybridized carbons (Fsp3) is 0.533. The Kier molecular flexibility index (Phi) is 4.84. The van der Waals surface area contributed by atoms with Crippen LogP contribution in [0.1, 0.15) is 12.5 Å². The number of carbonyl (C=O) groups is 1. The van der Waals surface area contributed by atoms with Crippen molar-refractivity contribution >= 4 is 5.91 Å².